The summed E-state index contributed by atoms with van der Waals surface area (Å²) in [6, 6.07) is 13.9. The van der Waals surface area contributed by atoms with E-state index in [0.717, 1.165) is 46.6 Å². The van der Waals surface area contributed by atoms with Crippen LogP contribution in [0.2, 0.25) is 0 Å². The van der Waals surface area contributed by atoms with Crippen molar-refractivity contribution < 1.29 is 14.7 Å². The Morgan fingerprint density at radius 2 is 1.87 bits per heavy atom. The normalized spacial score (nSPS) is 25.6. The van der Waals surface area contributed by atoms with Crippen molar-refractivity contribution in [3.05, 3.63) is 64.3 Å². The van der Waals surface area contributed by atoms with Gasteiger partial charge < -0.3 is 10.4 Å². The van der Waals surface area contributed by atoms with Gasteiger partial charge in [0.25, 0.3) is 5.91 Å². The highest BCUT2D eigenvalue weighted by molar-refractivity contribution is 9.10. The van der Waals surface area contributed by atoms with Crippen LogP contribution in [0.5, 0.6) is 0 Å². The highest BCUT2D eigenvalue weighted by Crippen LogP contribution is 2.58. The molecule has 2 aromatic carbocycles. The van der Waals surface area contributed by atoms with E-state index in [1.807, 2.05) is 35.0 Å². The van der Waals surface area contributed by atoms with Gasteiger partial charge in [0.05, 0.1) is 29.2 Å². The topological polar surface area (TPSA) is 84.2 Å². The number of para-hydroxylation sites is 1. The van der Waals surface area contributed by atoms with E-state index in [0.29, 0.717) is 5.56 Å². The zero-order valence-corrected chi connectivity index (χ0v) is 18.8. The maximum Gasteiger partial charge on any atom is 0.306 e. The number of amides is 1. The highest BCUT2D eigenvalue weighted by Gasteiger charge is 2.55. The summed E-state index contributed by atoms with van der Waals surface area (Å²) in [5.41, 5.74) is 2.70. The SMILES string of the molecule is CC(c1ccc(Br)cc1)n1ncc2cccc(C(=O)NC3CC4(C3)CC(C(=O)O)C4)c21. The Balaban J connectivity index is 1.34. The van der Waals surface area contributed by atoms with Crippen molar-refractivity contribution in [2.45, 2.75) is 44.7 Å². The van der Waals surface area contributed by atoms with Gasteiger partial charge in [0.1, 0.15) is 0 Å². The van der Waals surface area contributed by atoms with Gasteiger partial charge in [-0.1, -0.05) is 40.2 Å². The molecular weight excluding hydrogens is 458 g/mol. The van der Waals surface area contributed by atoms with Gasteiger partial charge in [-0.05, 0) is 61.8 Å². The molecule has 1 heterocycles. The summed E-state index contributed by atoms with van der Waals surface area (Å²) in [4.78, 5) is 24.2. The second-order valence-electron chi connectivity index (χ2n) is 9.08. The molecule has 6 nitrogen and oxygen atoms in total. The minimum Gasteiger partial charge on any atom is -0.481 e. The van der Waals surface area contributed by atoms with Crippen LogP contribution in [-0.4, -0.2) is 32.8 Å². The van der Waals surface area contributed by atoms with Crippen molar-refractivity contribution >= 4 is 38.7 Å². The number of aromatic nitrogens is 2. The van der Waals surface area contributed by atoms with Gasteiger partial charge in [0.2, 0.25) is 0 Å². The molecule has 2 aliphatic rings. The monoisotopic (exact) mass is 481 g/mol. The fourth-order valence-corrected chi connectivity index (χ4v) is 5.57. The number of rotatable bonds is 5. The molecule has 0 radical (unpaired) electrons. The number of benzene rings is 2. The van der Waals surface area contributed by atoms with E-state index >= 15 is 0 Å². The first-order valence-corrected chi connectivity index (χ1v) is 11.4. The quantitative estimate of drug-likeness (QED) is 0.548. The van der Waals surface area contributed by atoms with E-state index in [-0.39, 0.29) is 29.3 Å². The molecule has 2 aliphatic carbocycles. The molecule has 31 heavy (non-hydrogen) atoms. The summed E-state index contributed by atoms with van der Waals surface area (Å²) in [7, 11) is 0. The molecule has 1 amide bonds. The van der Waals surface area contributed by atoms with Gasteiger partial charge in [0.15, 0.2) is 0 Å². The molecule has 1 atom stereocenters. The van der Waals surface area contributed by atoms with Crippen LogP contribution in [0, 0.1) is 11.3 Å². The van der Waals surface area contributed by atoms with Gasteiger partial charge in [-0.15, -0.1) is 0 Å². The van der Waals surface area contributed by atoms with Crippen LogP contribution in [-0.2, 0) is 4.79 Å². The zero-order valence-electron chi connectivity index (χ0n) is 17.2. The van der Waals surface area contributed by atoms with Crippen LogP contribution in [0.15, 0.2) is 53.1 Å². The fraction of sp³-hybridized carbons (Fsp3) is 0.375. The van der Waals surface area contributed by atoms with Gasteiger partial charge in [-0.25, -0.2) is 0 Å². The average Bonchev–Trinajstić information content (AvgIpc) is 3.12. The number of aliphatic carboxylic acids is 1. The zero-order chi connectivity index (χ0) is 21.8. The maximum atomic E-state index is 13.2. The summed E-state index contributed by atoms with van der Waals surface area (Å²) < 4.78 is 2.94. The predicted molar refractivity (Wildman–Crippen MR) is 121 cm³/mol. The van der Waals surface area contributed by atoms with Crippen molar-refractivity contribution in [2.24, 2.45) is 11.3 Å². The third-order valence-electron chi connectivity index (χ3n) is 6.98. The van der Waals surface area contributed by atoms with Crippen molar-refractivity contribution in [2.75, 3.05) is 0 Å². The van der Waals surface area contributed by atoms with E-state index in [1.165, 1.54) is 0 Å². The molecule has 1 unspecified atom stereocenters. The first kappa shape index (κ1) is 20.2. The Morgan fingerprint density at radius 3 is 2.55 bits per heavy atom. The van der Waals surface area contributed by atoms with E-state index in [2.05, 4.69) is 45.4 Å². The Morgan fingerprint density at radius 1 is 1.16 bits per heavy atom. The maximum absolute atomic E-state index is 13.2. The number of fused-ring (bicyclic) bond motifs is 1. The Kier molecular flexibility index (Phi) is 4.88. The first-order valence-electron chi connectivity index (χ1n) is 10.6. The number of nitrogens with zero attached hydrogens (tertiary/aromatic N) is 2. The molecule has 2 saturated carbocycles. The molecule has 2 fully saturated rings. The number of hydrogen-bond acceptors (Lipinski definition) is 3. The number of carbonyl (C=O) groups excluding carboxylic acids is 1. The van der Waals surface area contributed by atoms with Crippen molar-refractivity contribution in [1.82, 2.24) is 15.1 Å². The van der Waals surface area contributed by atoms with E-state index < -0.39 is 5.97 Å². The van der Waals surface area contributed by atoms with E-state index in [4.69, 9.17) is 5.11 Å². The minimum atomic E-state index is -0.696. The number of carboxylic acid groups (broad SMARTS) is 1. The Bertz CT molecular complexity index is 1160. The largest absolute Gasteiger partial charge is 0.481 e. The number of hydrogen-bond donors (Lipinski definition) is 2. The molecule has 7 heteroatoms. The third kappa shape index (κ3) is 3.55. The van der Waals surface area contributed by atoms with Gasteiger partial charge >= 0.3 is 5.97 Å². The van der Waals surface area contributed by atoms with Crippen LogP contribution >= 0.6 is 15.9 Å². The van der Waals surface area contributed by atoms with Crippen molar-refractivity contribution in [1.29, 1.82) is 0 Å². The lowest BCUT2D eigenvalue weighted by atomic mass is 9.50. The molecule has 160 valence electrons. The summed E-state index contributed by atoms with van der Waals surface area (Å²) in [5, 5.41) is 17.8. The van der Waals surface area contributed by atoms with Crippen LogP contribution in [0.1, 0.15) is 54.6 Å². The highest BCUT2D eigenvalue weighted by atomic mass is 79.9. The first-order chi connectivity index (χ1) is 14.8. The lowest BCUT2D eigenvalue weighted by molar-refractivity contribution is -0.155. The molecule has 0 bridgehead atoms. The van der Waals surface area contributed by atoms with E-state index in [1.54, 1.807) is 6.20 Å². The predicted octanol–water partition coefficient (Wildman–Crippen LogP) is 4.78. The van der Waals surface area contributed by atoms with Crippen LogP contribution < -0.4 is 5.32 Å². The smallest absolute Gasteiger partial charge is 0.306 e. The van der Waals surface area contributed by atoms with Gasteiger partial charge in [0, 0.05) is 15.9 Å². The molecule has 1 aromatic heterocycles. The standard InChI is InChI=1S/C24H24BrN3O3/c1-14(15-5-7-18(25)8-6-15)28-21-16(13-26-28)3-2-4-20(21)22(29)27-19-11-24(12-19)9-17(10-24)23(30)31/h2-8,13-14,17,19H,9-12H2,1H3,(H,27,29)(H,30,31). The Labute approximate surface area is 188 Å². The molecule has 3 aromatic rings. The summed E-state index contributed by atoms with van der Waals surface area (Å²) in [5.74, 6) is -0.998. The van der Waals surface area contributed by atoms with Crippen LogP contribution in [0.4, 0.5) is 0 Å². The Hall–Kier alpha value is -2.67. The van der Waals surface area contributed by atoms with Gasteiger partial charge in [-0.3, -0.25) is 14.3 Å². The molecule has 5 rings (SSSR count). The van der Waals surface area contributed by atoms with Crippen molar-refractivity contribution in [3.63, 3.8) is 0 Å². The van der Waals surface area contributed by atoms with Crippen LogP contribution in [0.3, 0.4) is 0 Å². The lowest BCUT2D eigenvalue weighted by Gasteiger charge is -2.56. The molecule has 2 N–H and O–H groups in total. The number of carboxylic acids is 1. The minimum absolute atomic E-state index is 0.0190. The second-order valence-corrected chi connectivity index (χ2v) is 10.00. The van der Waals surface area contributed by atoms with Crippen molar-refractivity contribution in [3.8, 4) is 0 Å². The summed E-state index contributed by atoms with van der Waals surface area (Å²) in [6.07, 6.45) is 5.02. The third-order valence-corrected chi connectivity index (χ3v) is 7.51. The van der Waals surface area contributed by atoms with Crippen LogP contribution in [0.25, 0.3) is 10.9 Å². The molecule has 0 saturated heterocycles. The summed E-state index contributed by atoms with van der Waals surface area (Å²) in [6.45, 7) is 2.08. The average molecular weight is 482 g/mol. The van der Waals surface area contributed by atoms with Gasteiger partial charge in [-0.2, -0.15) is 5.10 Å². The summed E-state index contributed by atoms with van der Waals surface area (Å²) >= 11 is 3.47. The van der Waals surface area contributed by atoms with E-state index in [9.17, 15) is 9.59 Å². The number of halogens is 1. The second kappa shape index (κ2) is 7.48. The lowest BCUT2D eigenvalue weighted by Crippen LogP contribution is -2.57. The fourth-order valence-electron chi connectivity index (χ4n) is 5.31. The molecule has 0 aliphatic heterocycles. The molecular formula is C24H24BrN3O3. The number of nitrogens with one attached hydrogen (secondary N) is 1. The number of carbonyl (C=O) groups is 2. The molecule has 1 spiro atoms.